The molecule has 4 nitrogen and oxygen atoms in total. The van der Waals surface area contributed by atoms with Crippen LogP contribution in [0.15, 0.2) is 29.6 Å². The van der Waals surface area contributed by atoms with Crippen LogP contribution in [0.1, 0.15) is 28.2 Å². The van der Waals surface area contributed by atoms with Crippen LogP contribution in [0, 0.1) is 6.92 Å². The third kappa shape index (κ3) is 3.14. The fourth-order valence-electron chi connectivity index (χ4n) is 2.68. The lowest BCUT2D eigenvalue weighted by molar-refractivity contribution is 0.0709. The molecule has 0 spiro atoms. The van der Waals surface area contributed by atoms with Gasteiger partial charge in [0, 0.05) is 35.6 Å². The van der Waals surface area contributed by atoms with Crippen LogP contribution in [0.5, 0.6) is 0 Å². The third-order valence-electron chi connectivity index (χ3n) is 3.77. The molecule has 1 fully saturated rings. The van der Waals surface area contributed by atoms with Gasteiger partial charge in [0.15, 0.2) is 0 Å². The second-order valence-electron chi connectivity index (χ2n) is 5.49. The molecule has 1 aromatic carbocycles. The number of aryl methyl sites for hydroxylation is 1. The lowest BCUT2D eigenvalue weighted by Gasteiger charge is -2.30. The highest BCUT2D eigenvalue weighted by atomic mass is 32.1. The third-order valence-corrected chi connectivity index (χ3v) is 4.54. The van der Waals surface area contributed by atoms with Gasteiger partial charge in [0.05, 0.1) is 10.7 Å². The number of carbonyl (C=O) groups excluding carboxylic acids is 1. The lowest BCUT2D eigenvalue weighted by atomic mass is 10.0. The number of rotatable bonds is 2. The largest absolute Gasteiger partial charge is 0.337 e. The van der Waals surface area contributed by atoms with Gasteiger partial charge in [-0.15, -0.1) is 11.3 Å². The molecular weight excluding hydrogens is 282 g/mol. The average Bonchev–Trinajstić information content (AvgIpc) is 2.93. The Labute approximate surface area is 128 Å². The molecule has 0 bridgehead atoms. The monoisotopic (exact) mass is 301 g/mol. The van der Waals surface area contributed by atoms with Crippen molar-refractivity contribution in [2.45, 2.75) is 25.8 Å². The van der Waals surface area contributed by atoms with Crippen LogP contribution in [0.3, 0.4) is 0 Å². The summed E-state index contributed by atoms with van der Waals surface area (Å²) in [5.74, 6) is 0.0685. The highest BCUT2D eigenvalue weighted by Crippen LogP contribution is 2.23. The van der Waals surface area contributed by atoms with E-state index in [1.807, 2.05) is 41.5 Å². The van der Waals surface area contributed by atoms with Gasteiger partial charge in [-0.25, -0.2) is 4.98 Å². The number of hydrogen-bond donors (Lipinski definition) is 1. The Morgan fingerprint density at radius 3 is 3.05 bits per heavy atom. The molecule has 2 aromatic rings. The molecule has 1 saturated heterocycles. The van der Waals surface area contributed by atoms with Crippen LogP contribution >= 0.6 is 11.3 Å². The van der Waals surface area contributed by atoms with E-state index in [1.165, 1.54) is 0 Å². The van der Waals surface area contributed by atoms with Crippen LogP contribution in [-0.4, -0.2) is 34.9 Å². The highest BCUT2D eigenvalue weighted by molar-refractivity contribution is 7.09. The molecule has 2 N–H and O–H groups in total. The molecule has 110 valence electrons. The minimum absolute atomic E-state index is 0.0685. The molecule has 1 aromatic heterocycles. The summed E-state index contributed by atoms with van der Waals surface area (Å²) >= 11 is 1.62. The maximum atomic E-state index is 12.6. The molecule has 1 amide bonds. The standard InChI is InChI=1S/C16H19N3OS/c1-11-18-15(10-21-11)12-4-2-5-13(8-12)16(20)19-7-3-6-14(17)9-19/h2,4-5,8,10,14H,3,6-7,9,17H2,1H3. The van der Waals surface area contributed by atoms with E-state index in [-0.39, 0.29) is 11.9 Å². The van der Waals surface area contributed by atoms with E-state index >= 15 is 0 Å². The number of nitrogens with zero attached hydrogens (tertiary/aromatic N) is 2. The van der Waals surface area contributed by atoms with Crippen molar-refractivity contribution in [1.82, 2.24) is 9.88 Å². The molecule has 0 radical (unpaired) electrons. The molecule has 1 atom stereocenters. The fraction of sp³-hybridized carbons (Fsp3) is 0.375. The quantitative estimate of drug-likeness (QED) is 0.927. The van der Waals surface area contributed by atoms with E-state index in [4.69, 9.17) is 5.73 Å². The number of benzene rings is 1. The Morgan fingerprint density at radius 1 is 1.48 bits per heavy atom. The van der Waals surface area contributed by atoms with E-state index in [2.05, 4.69) is 4.98 Å². The van der Waals surface area contributed by atoms with Crippen molar-refractivity contribution in [1.29, 1.82) is 0 Å². The number of carbonyl (C=O) groups is 1. The van der Waals surface area contributed by atoms with Crippen molar-refractivity contribution in [3.05, 3.63) is 40.2 Å². The molecule has 1 unspecified atom stereocenters. The summed E-state index contributed by atoms with van der Waals surface area (Å²) in [5, 5.41) is 3.05. The van der Waals surface area contributed by atoms with Crippen LogP contribution in [0.4, 0.5) is 0 Å². The first-order valence-electron chi connectivity index (χ1n) is 7.21. The number of aromatic nitrogens is 1. The molecule has 1 aliphatic heterocycles. The average molecular weight is 301 g/mol. The molecule has 1 aliphatic rings. The van der Waals surface area contributed by atoms with Crippen LogP contribution in [0.2, 0.25) is 0 Å². The zero-order valence-electron chi connectivity index (χ0n) is 12.1. The van der Waals surface area contributed by atoms with Gasteiger partial charge >= 0.3 is 0 Å². The van der Waals surface area contributed by atoms with Gasteiger partial charge in [0.2, 0.25) is 0 Å². The first-order chi connectivity index (χ1) is 10.1. The minimum Gasteiger partial charge on any atom is -0.337 e. The molecule has 21 heavy (non-hydrogen) atoms. The summed E-state index contributed by atoms with van der Waals surface area (Å²) < 4.78 is 0. The van der Waals surface area contributed by atoms with Gasteiger partial charge in [0.1, 0.15) is 0 Å². The summed E-state index contributed by atoms with van der Waals surface area (Å²) in [6.45, 7) is 3.43. The Kier molecular flexibility index (Phi) is 4.03. The van der Waals surface area contributed by atoms with Crippen molar-refractivity contribution in [2.75, 3.05) is 13.1 Å². The SMILES string of the molecule is Cc1nc(-c2cccc(C(=O)N3CCCC(N)C3)c2)cs1. The van der Waals surface area contributed by atoms with Gasteiger partial charge < -0.3 is 10.6 Å². The van der Waals surface area contributed by atoms with E-state index in [1.54, 1.807) is 11.3 Å². The summed E-state index contributed by atoms with van der Waals surface area (Å²) in [7, 11) is 0. The van der Waals surface area contributed by atoms with Crippen LogP contribution in [-0.2, 0) is 0 Å². The van der Waals surface area contributed by atoms with Gasteiger partial charge in [-0.05, 0) is 31.9 Å². The number of likely N-dealkylation sites (tertiary alicyclic amines) is 1. The molecule has 5 heteroatoms. The van der Waals surface area contributed by atoms with Crippen molar-refractivity contribution in [3.63, 3.8) is 0 Å². The normalized spacial score (nSPS) is 18.8. The Morgan fingerprint density at radius 2 is 2.33 bits per heavy atom. The predicted octanol–water partition coefficient (Wildman–Crippen LogP) is 2.68. The zero-order valence-corrected chi connectivity index (χ0v) is 12.9. The van der Waals surface area contributed by atoms with Crippen LogP contribution in [0.25, 0.3) is 11.3 Å². The Hall–Kier alpha value is -1.72. The molecule has 3 rings (SSSR count). The number of thiazole rings is 1. The predicted molar refractivity (Wildman–Crippen MR) is 85.4 cm³/mol. The zero-order chi connectivity index (χ0) is 14.8. The van der Waals surface area contributed by atoms with Crippen molar-refractivity contribution in [2.24, 2.45) is 5.73 Å². The van der Waals surface area contributed by atoms with E-state index in [9.17, 15) is 4.79 Å². The molecule has 0 saturated carbocycles. The molecule has 0 aliphatic carbocycles. The first-order valence-corrected chi connectivity index (χ1v) is 8.09. The summed E-state index contributed by atoms with van der Waals surface area (Å²) in [6, 6.07) is 7.81. The summed E-state index contributed by atoms with van der Waals surface area (Å²) in [5.41, 5.74) is 8.60. The van der Waals surface area contributed by atoms with E-state index in [0.29, 0.717) is 12.1 Å². The number of nitrogens with two attached hydrogens (primary N) is 1. The first kappa shape index (κ1) is 14.2. The van der Waals surface area contributed by atoms with Gasteiger partial charge in [-0.3, -0.25) is 4.79 Å². The van der Waals surface area contributed by atoms with Crippen molar-refractivity contribution < 1.29 is 4.79 Å². The smallest absolute Gasteiger partial charge is 0.253 e. The van der Waals surface area contributed by atoms with Crippen molar-refractivity contribution in [3.8, 4) is 11.3 Å². The summed E-state index contributed by atoms with van der Waals surface area (Å²) in [6.07, 6.45) is 1.99. The number of piperidine rings is 1. The van der Waals surface area contributed by atoms with Crippen LogP contribution < -0.4 is 5.73 Å². The Bertz CT molecular complexity index is 652. The lowest BCUT2D eigenvalue weighted by Crippen LogP contribution is -2.45. The van der Waals surface area contributed by atoms with Crippen molar-refractivity contribution >= 4 is 17.2 Å². The number of hydrogen-bond acceptors (Lipinski definition) is 4. The topological polar surface area (TPSA) is 59.2 Å². The molecular formula is C16H19N3OS. The maximum Gasteiger partial charge on any atom is 0.253 e. The van der Waals surface area contributed by atoms with E-state index < -0.39 is 0 Å². The second kappa shape index (κ2) is 5.95. The van der Waals surface area contributed by atoms with Gasteiger partial charge in [-0.2, -0.15) is 0 Å². The second-order valence-corrected chi connectivity index (χ2v) is 6.55. The van der Waals surface area contributed by atoms with Gasteiger partial charge in [0.25, 0.3) is 5.91 Å². The fourth-order valence-corrected chi connectivity index (χ4v) is 3.31. The maximum absolute atomic E-state index is 12.6. The minimum atomic E-state index is 0.0685. The van der Waals surface area contributed by atoms with E-state index in [0.717, 1.165) is 35.7 Å². The Balaban J connectivity index is 1.84. The number of amides is 1. The molecule has 2 heterocycles. The summed E-state index contributed by atoms with van der Waals surface area (Å²) in [4.78, 5) is 18.9. The van der Waals surface area contributed by atoms with Gasteiger partial charge in [-0.1, -0.05) is 12.1 Å². The highest BCUT2D eigenvalue weighted by Gasteiger charge is 2.22.